The summed E-state index contributed by atoms with van der Waals surface area (Å²) < 4.78 is 10.4. The van der Waals surface area contributed by atoms with Gasteiger partial charge in [-0.05, 0) is 41.8 Å². The highest BCUT2D eigenvalue weighted by Crippen LogP contribution is 2.20. The molecule has 6 nitrogen and oxygen atoms in total. The van der Waals surface area contributed by atoms with E-state index in [0.29, 0.717) is 12.2 Å². The number of benzene rings is 3. The summed E-state index contributed by atoms with van der Waals surface area (Å²) in [4.78, 5) is 35.8. The topological polar surface area (TPSA) is 81.7 Å². The van der Waals surface area contributed by atoms with Gasteiger partial charge in [-0.2, -0.15) is 0 Å². The molecular formula is C24H23NO5. The number of carbonyl (C=O) groups excluding carboxylic acids is 3. The molecule has 0 aliphatic rings. The highest BCUT2D eigenvalue weighted by atomic mass is 16.6. The smallest absolute Gasteiger partial charge is 0.344 e. The van der Waals surface area contributed by atoms with Crippen molar-refractivity contribution in [3.05, 3.63) is 78.4 Å². The molecule has 0 bridgehead atoms. The largest absolute Gasteiger partial charge is 0.482 e. The van der Waals surface area contributed by atoms with E-state index in [1.165, 1.54) is 6.92 Å². The number of Topliss-reactive ketones (excluding diaryl/α,β-unsaturated/α-hetero) is 1. The molecule has 30 heavy (non-hydrogen) atoms. The molecule has 0 heterocycles. The molecule has 0 aromatic heterocycles. The zero-order valence-corrected chi connectivity index (χ0v) is 16.7. The lowest BCUT2D eigenvalue weighted by Crippen LogP contribution is -2.43. The minimum Gasteiger partial charge on any atom is -0.482 e. The average molecular weight is 405 g/mol. The molecule has 0 saturated carbocycles. The van der Waals surface area contributed by atoms with Crippen molar-refractivity contribution >= 4 is 28.4 Å². The van der Waals surface area contributed by atoms with Crippen LogP contribution in [-0.4, -0.2) is 36.9 Å². The number of carbonyl (C=O) groups is 3. The van der Waals surface area contributed by atoms with Gasteiger partial charge < -0.3 is 14.8 Å². The Morgan fingerprint density at radius 1 is 0.867 bits per heavy atom. The second kappa shape index (κ2) is 10.2. The molecule has 0 aliphatic carbocycles. The number of ketones is 1. The second-order valence-corrected chi connectivity index (χ2v) is 6.88. The van der Waals surface area contributed by atoms with Gasteiger partial charge in [0.15, 0.2) is 19.0 Å². The molecular weight excluding hydrogens is 382 g/mol. The van der Waals surface area contributed by atoms with Gasteiger partial charge in [-0.25, -0.2) is 4.79 Å². The maximum Gasteiger partial charge on any atom is 0.344 e. The number of amides is 1. The van der Waals surface area contributed by atoms with Gasteiger partial charge in [-0.15, -0.1) is 0 Å². The summed E-state index contributed by atoms with van der Waals surface area (Å²) in [5.74, 6) is -0.835. The van der Waals surface area contributed by atoms with E-state index in [4.69, 9.17) is 9.47 Å². The fourth-order valence-electron chi connectivity index (χ4n) is 2.97. The summed E-state index contributed by atoms with van der Waals surface area (Å²) in [7, 11) is 0. The predicted octanol–water partition coefficient (Wildman–Crippen LogP) is 3.08. The fourth-order valence-corrected chi connectivity index (χ4v) is 2.97. The first kappa shape index (κ1) is 21.0. The Kier molecular flexibility index (Phi) is 7.16. The van der Waals surface area contributed by atoms with E-state index in [1.807, 2.05) is 66.7 Å². The van der Waals surface area contributed by atoms with Crippen LogP contribution in [0.1, 0.15) is 12.5 Å². The maximum atomic E-state index is 12.1. The summed E-state index contributed by atoms with van der Waals surface area (Å²) in [6.45, 7) is 0.627. The SMILES string of the molecule is CC(=O)[C@H](Cc1ccccc1)NC(=O)COC(=O)COc1ccc2ccccc2c1. The lowest BCUT2D eigenvalue weighted by atomic mass is 10.0. The van der Waals surface area contributed by atoms with Crippen molar-refractivity contribution in [3.63, 3.8) is 0 Å². The standard InChI is InChI=1S/C24H23NO5/c1-17(26)22(13-18-7-3-2-4-8-18)25-23(27)15-30-24(28)16-29-21-12-11-19-9-5-6-10-20(19)14-21/h2-12,14,22H,13,15-16H2,1H3,(H,25,27)/t22-/m0/s1. The zero-order valence-electron chi connectivity index (χ0n) is 16.7. The number of nitrogens with one attached hydrogen (secondary N) is 1. The number of rotatable bonds is 9. The molecule has 1 N–H and O–H groups in total. The van der Waals surface area contributed by atoms with Gasteiger partial charge in [0.2, 0.25) is 0 Å². The van der Waals surface area contributed by atoms with Crippen molar-refractivity contribution in [1.82, 2.24) is 5.32 Å². The molecule has 3 rings (SSSR count). The number of ether oxygens (including phenoxy) is 2. The van der Waals surface area contributed by atoms with Crippen LogP contribution in [0.15, 0.2) is 72.8 Å². The molecule has 1 atom stereocenters. The maximum absolute atomic E-state index is 12.1. The Balaban J connectivity index is 1.44. The molecule has 6 heteroatoms. The lowest BCUT2D eigenvalue weighted by Gasteiger charge is -2.16. The number of hydrogen-bond acceptors (Lipinski definition) is 5. The van der Waals surface area contributed by atoms with Gasteiger partial charge in [-0.1, -0.05) is 60.7 Å². The van der Waals surface area contributed by atoms with Crippen molar-refractivity contribution in [3.8, 4) is 5.75 Å². The molecule has 3 aromatic carbocycles. The molecule has 3 aromatic rings. The molecule has 0 unspecified atom stereocenters. The third-order valence-corrected chi connectivity index (χ3v) is 4.55. The quantitative estimate of drug-likeness (QED) is 0.554. The third kappa shape index (κ3) is 6.17. The summed E-state index contributed by atoms with van der Waals surface area (Å²) in [5.41, 5.74) is 0.929. The number of esters is 1. The van der Waals surface area contributed by atoms with E-state index >= 15 is 0 Å². The van der Waals surface area contributed by atoms with Gasteiger partial charge in [0.25, 0.3) is 5.91 Å². The van der Waals surface area contributed by atoms with Crippen LogP contribution >= 0.6 is 0 Å². The van der Waals surface area contributed by atoms with Gasteiger partial charge in [-0.3, -0.25) is 9.59 Å². The normalized spacial score (nSPS) is 11.5. The van der Waals surface area contributed by atoms with Crippen LogP contribution in [0.3, 0.4) is 0 Å². The van der Waals surface area contributed by atoms with Crippen molar-refractivity contribution in [2.24, 2.45) is 0 Å². The molecule has 154 valence electrons. The molecule has 1 amide bonds. The van der Waals surface area contributed by atoms with Gasteiger partial charge in [0.05, 0.1) is 6.04 Å². The average Bonchev–Trinajstić information content (AvgIpc) is 2.76. The summed E-state index contributed by atoms with van der Waals surface area (Å²) in [6.07, 6.45) is 0.376. The Morgan fingerprint density at radius 2 is 1.57 bits per heavy atom. The van der Waals surface area contributed by atoms with Crippen molar-refractivity contribution < 1.29 is 23.9 Å². The summed E-state index contributed by atoms with van der Waals surface area (Å²) in [5, 5.41) is 4.67. The Hall–Kier alpha value is -3.67. The Labute approximate surface area is 174 Å². The second-order valence-electron chi connectivity index (χ2n) is 6.88. The minimum atomic E-state index is -0.674. The van der Waals surface area contributed by atoms with Gasteiger partial charge >= 0.3 is 5.97 Å². The van der Waals surface area contributed by atoms with Crippen molar-refractivity contribution in [2.45, 2.75) is 19.4 Å². The molecule has 0 spiro atoms. The van der Waals surface area contributed by atoms with Gasteiger partial charge in [0.1, 0.15) is 5.75 Å². The van der Waals surface area contributed by atoms with Crippen LogP contribution in [0.5, 0.6) is 5.75 Å². The highest BCUT2D eigenvalue weighted by molar-refractivity contribution is 5.89. The summed E-state index contributed by atoms with van der Waals surface area (Å²) in [6, 6.07) is 22.0. The van der Waals surface area contributed by atoms with Crippen LogP contribution < -0.4 is 10.1 Å². The molecule has 0 aliphatic heterocycles. The predicted molar refractivity (Wildman–Crippen MR) is 113 cm³/mol. The van der Waals surface area contributed by atoms with E-state index in [-0.39, 0.29) is 12.4 Å². The lowest BCUT2D eigenvalue weighted by molar-refractivity contribution is -0.150. The molecule has 0 saturated heterocycles. The van der Waals surface area contributed by atoms with Crippen molar-refractivity contribution in [1.29, 1.82) is 0 Å². The van der Waals surface area contributed by atoms with E-state index < -0.39 is 24.5 Å². The van der Waals surface area contributed by atoms with Crippen LogP contribution in [-0.2, 0) is 25.5 Å². The highest BCUT2D eigenvalue weighted by Gasteiger charge is 2.18. The zero-order chi connectivity index (χ0) is 21.3. The summed E-state index contributed by atoms with van der Waals surface area (Å²) >= 11 is 0. The first-order chi connectivity index (χ1) is 14.5. The van der Waals surface area contributed by atoms with Crippen LogP contribution in [0.4, 0.5) is 0 Å². The number of fused-ring (bicyclic) bond motifs is 1. The molecule has 0 fully saturated rings. The van der Waals surface area contributed by atoms with E-state index in [1.54, 1.807) is 6.07 Å². The van der Waals surface area contributed by atoms with Crippen LogP contribution in [0.25, 0.3) is 10.8 Å². The van der Waals surface area contributed by atoms with Crippen molar-refractivity contribution in [2.75, 3.05) is 13.2 Å². The third-order valence-electron chi connectivity index (χ3n) is 4.55. The van der Waals surface area contributed by atoms with E-state index in [0.717, 1.165) is 16.3 Å². The monoisotopic (exact) mass is 405 g/mol. The molecule has 0 radical (unpaired) electrons. The Morgan fingerprint density at radius 3 is 2.30 bits per heavy atom. The first-order valence-corrected chi connectivity index (χ1v) is 9.62. The van der Waals surface area contributed by atoms with Crippen LogP contribution in [0.2, 0.25) is 0 Å². The number of hydrogen-bond donors (Lipinski definition) is 1. The van der Waals surface area contributed by atoms with Gasteiger partial charge in [0, 0.05) is 0 Å². The fraction of sp³-hybridized carbons (Fsp3) is 0.208. The van der Waals surface area contributed by atoms with E-state index in [9.17, 15) is 14.4 Å². The minimum absolute atomic E-state index is 0.168. The van der Waals surface area contributed by atoms with E-state index in [2.05, 4.69) is 5.32 Å². The first-order valence-electron chi connectivity index (χ1n) is 9.62. The Bertz CT molecular complexity index is 1030. The van der Waals surface area contributed by atoms with Crippen LogP contribution in [0, 0.1) is 0 Å².